The first-order valence-electron chi connectivity index (χ1n) is 6.97. The summed E-state index contributed by atoms with van der Waals surface area (Å²) in [6, 6.07) is 0. The topological polar surface area (TPSA) is 154 Å². The van der Waals surface area contributed by atoms with Gasteiger partial charge in [0.15, 0.2) is 6.23 Å². The fourth-order valence-corrected chi connectivity index (χ4v) is 2.53. The van der Waals surface area contributed by atoms with Gasteiger partial charge in [-0.3, -0.25) is 14.3 Å². The molecule has 10 nitrogen and oxygen atoms in total. The summed E-state index contributed by atoms with van der Waals surface area (Å²) in [5.41, 5.74) is -1.18. The summed E-state index contributed by atoms with van der Waals surface area (Å²) in [5, 5.41) is 39.4. The van der Waals surface area contributed by atoms with Gasteiger partial charge >= 0.3 is 5.69 Å². The third kappa shape index (κ3) is 3.22. The zero-order valence-electron chi connectivity index (χ0n) is 12.6. The Kier molecular flexibility index (Phi) is 5.34. The van der Waals surface area contributed by atoms with Crippen LogP contribution in [0.1, 0.15) is 11.8 Å². The highest BCUT2D eigenvalue weighted by molar-refractivity contribution is 5.03. The van der Waals surface area contributed by atoms with Crippen LogP contribution in [0.2, 0.25) is 0 Å². The lowest BCUT2D eigenvalue weighted by Crippen LogP contribution is -2.48. The molecule has 10 heteroatoms. The largest absolute Gasteiger partial charge is 0.394 e. The summed E-state index contributed by atoms with van der Waals surface area (Å²) in [5.74, 6) is 0. The summed E-state index contributed by atoms with van der Waals surface area (Å²) in [6.45, 7) is 0.811. The maximum Gasteiger partial charge on any atom is 0.330 e. The van der Waals surface area contributed by atoms with Crippen LogP contribution in [-0.2, 0) is 9.47 Å². The number of aromatic amines is 1. The average molecular weight is 332 g/mol. The molecule has 1 fully saturated rings. The first-order chi connectivity index (χ1) is 10.8. The van der Waals surface area contributed by atoms with Gasteiger partial charge in [0, 0.05) is 18.9 Å². The number of H-pyrrole nitrogens is 1. The van der Waals surface area contributed by atoms with Gasteiger partial charge < -0.3 is 29.9 Å². The van der Waals surface area contributed by atoms with E-state index in [-0.39, 0.29) is 5.56 Å². The van der Waals surface area contributed by atoms with Crippen molar-refractivity contribution in [3.63, 3.8) is 0 Å². The number of aromatic nitrogens is 2. The number of hydrogen-bond acceptors (Lipinski definition) is 8. The normalized spacial score (nSPS) is 35.0. The highest BCUT2D eigenvalue weighted by atomic mass is 16.6. The van der Waals surface area contributed by atoms with E-state index in [9.17, 15) is 30.0 Å². The SMILES string of the molecule is CO[C@@H]1[C@H](O)[C@H](O)[C@H](O)[C@@H](CO)O[C@H]1n1cc(C)c(=O)[nH]c1=O. The minimum atomic E-state index is -1.65. The lowest BCUT2D eigenvalue weighted by molar-refractivity contribution is -0.161. The molecule has 6 atom stereocenters. The molecule has 0 amide bonds. The van der Waals surface area contributed by atoms with Gasteiger partial charge in [-0.2, -0.15) is 0 Å². The monoisotopic (exact) mass is 332 g/mol. The molecular formula is C13H20N2O8. The number of nitrogens with one attached hydrogen (secondary N) is 1. The molecule has 0 unspecified atom stereocenters. The summed E-state index contributed by atoms with van der Waals surface area (Å²) in [6.07, 6.45) is -7.37. The van der Waals surface area contributed by atoms with Crippen LogP contribution in [0.25, 0.3) is 0 Å². The van der Waals surface area contributed by atoms with Crippen molar-refractivity contribution in [2.45, 2.75) is 43.7 Å². The molecule has 130 valence electrons. The molecule has 0 aliphatic carbocycles. The molecule has 2 rings (SSSR count). The second-order valence-electron chi connectivity index (χ2n) is 5.40. The van der Waals surface area contributed by atoms with Gasteiger partial charge in [-0.25, -0.2) is 4.79 Å². The molecule has 1 aromatic heterocycles. The quantitative estimate of drug-likeness (QED) is 0.388. The number of nitrogens with zero attached hydrogens (tertiary/aromatic N) is 1. The van der Waals surface area contributed by atoms with E-state index in [0.717, 1.165) is 4.57 Å². The van der Waals surface area contributed by atoms with Crippen molar-refractivity contribution in [3.05, 3.63) is 32.6 Å². The number of ether oxygens (including phenoxy) is 2. The first kappa shape index (κ1) is 17.8. The minimum Gasteiger partial charge on any atom is -0.394 e. The van der Waals surface area contributed by atoms with E-state index in [4.69, 9.17) is 9.47 Å². The summed E-state index contributed by atoms with van der Waals surface area (Å²) < 4.78 is 11.6. The lowest BCUT2D eigenvalue weighted by atomic mass is 10.0. The van der Waals surface area contributed by atoms with Crippen molar-refractivity contribution < 1.29 is 29.9 Å². The molecule has 0 radical (unpaired) electrons. The molecule has 1 saturated heterocycles. The number of aliphatic hydroxyl groups excluding tert-OH is 4. The van der Waals surface area contributed by atoms with E-state index in [2.05, 4.69) is 4.98 Å². The van der Waals surface area contributed by atoms with Crippen molar-refractivity contribution in [1.82, 2.24) is 9.55 Å². The van der Waals surface area contributed by atoms with Gasteiger partial charge in [0.1, 0.15) is 30.5 Å². The Hall–Kier alpha value is -1.56. The van der Waals surface area contributed by atoms with Crippen LogP contribution in [0.3, 0.4) is 0 Å². The van der Waals surface area contributed by atoms with Crippen molar-refractivity contribution in [3.8, 4) is 0 Å². The Morgan fingerprint density at radius 2 is 1.91 bits per heavy atom. The standard InChI is InChI=1S/C13H20N2O8/c1-5-3-15(13(21)14-11(5)20)12-10(22-2)9(19)8(18)7(17)6(4-16)23-12/h3,6-10,12,16-19H,4H2,1-2H3,(H,14,20,21)/t6-,7-,8-,9-,10-,12-/m1/s1. The molecule has 5 N–H and O–H groups in total. The molecular weight excluding hydrogens is 312 g/mol. The second-order valence-corrected chi connectivity index (χ2v) is 5.40. The van der Waals surface area contributed by atoms with Crippen LogP contribution in [-0.4, -0.2) is 74.2 Å². The number of aryl methyl sites for hydroxylation is 1. The van der Waals surface area contributed by atoms with Crippen LogP contribution in [0.15, 0.2) is 15.8 Å². The van der Waals surface area contributed by atoms with Gasteiger partial charge in [0.05, 0.1) is 6.61 Å². The number of aliphatic hydroxyl groups is 4. The van der Waals surface area contributed by atoms with Crippen molar-refractivity contribution in [2.24, 2.45) is 0 Å². The third-order valence-electron chi connectivity index (χ3n) is 3.88. The average Bonchev–Trinajstić information content (AvgIpc) is 2.61. The zero-order chi connectivity index (χ0) is 17.3. The number of methoxy groups -OCH3 is 1. The summed E-state index contributed by atoms with van der Waals surface area (Å²) in [4.78, 5) is 25.6. The highest BCUT2D eigenvalue weighted by Gasteiger charge is 2.46. The fraction of sp³-hybridized carbons (Fsp3) is 0.692. The van der Waals surface area contributed by atoms with Gasteiger partial charge in [-0.15, -0.1) is 0 Å². The Balaban J connectivity index is 2.55. The zero-order valence-corrected chi connectivity index (χ0v) is 12.6. The Morgan fingerprint density at radius 1 is 1.26 bits per heavy atom. The summed E-state index contributed by atoms with van der Waals surface area (Å²) in [7, 11) is 1.23. The van der Waals surface area contributed by atoms with E-state index >= 15 is 0 Å². The Labute approximate surface area is 130 Å². The van der Waals surface area contributed by atoms with E-state index in [1.807, 2.05) is 0 Å². The molecule has 1 aliphatic rings. The molecule has 0 spiro atoms. The van der Waals surface area contributed by atoms with Crippen LogP contribution < -0.4 is 11.2 Å². The molecule has 0 saturated carbocycles. The van der Waals surface area contributed by atoms with E-state index < -0.39 is 54.6 Å². The summed E-state index contributed by atoms with van der Waals surface area (Å²) >= 11 is 0. The van der Waals surface area contributed by atoms with E-state index in [1.165, 1.54) is 20.2 Å². The third-order valence-corrected chi connectivity index (χ3v) is 3.88. The van der Waals surface area contributed by atoms with Crippen LogP contribution >= 0.6 is 0 Å². The van der Waals surface area contributed by atoms with Gasteiger partial charge in [-0.1, -0.05) is 0 Å². The lowest BCUT2D eigenvalue weighted by Gasteiger charge is -2.29. The van der Waals surface area contributed by atoms with Gasteiger partial charge in [0.25, 0.3) is 5.56 Å². The Morgan fingerprint density at radius 3 is 2.48 bits per heavy atom. The van der Waals surface area contributed by atoms with Crippen LogP contribution in [0.5, 0.6) is 0 Å². The van der Waals surface area contributed by atoms with Crippen LogP contribution in [0, 0.1) is 6.92 Å². The maximum atomic E-state index is 12.0. The molecule has 1 aromatic rings. The van der Waals surface area contributed by atoms with Crippen molar-refractivity contribution >= 4 is 0 Å². The van der Waals surface area contributed by atoms with Crippen molar-refractivity contribution in [1.29, 1.82) is 0 Å². The van der Waals surface area contributed by atoms with Gasteiger partial charge in [0.2, 0.25) is 0 Å². The molecule has 0 bridgehead atoms. The predicted molar refractivity (Wildman–Crippen MR) is 75.9 cm³/mol. The minimum absolute atomic E-state index is 0.212. The second kappa shape index (κ2) is 6.91. The Bertz CT molecular complexity index is 656. The van der Waals surface area contributed by atoms with E-state index in [1.54, 1.807) is 0 Å². The fourth-order valence-electron chi connectivity index (χ4n) is 2.53. The smallest absolute Gasteiger partial charge is 0.330 e. The first-order valence-corrected chi connectivity index (χ1v) is 6.97. The van der Waals surface area contributed by atoms with Gasteiger partial charge in [-0.05, 0) is 6.92 Å². The van der Waals surface area contributed by atoms with Crippen molar-refractivity contribution in [2.75, 3.05) is 13.7 Å². The highest BCUT2D eigenvalue weighted by Crippen LogP contribution is 2.28. The number of rotatable bonds is 3. The molecule has 23 heavy (non-hydrogen) atoms. The maximum absolute atomic E-state index is 12.0. The molecule has 0 aromatic carbocycles. The van der Waals surface area contributed by atoms with Crippen LogP contribution in [0.4, 0.5) is 0 Å². The van der Waals surface area contributed by atoms with E-state index in [0.29, 0.717) is 0 Å². The number of hydrogen-bond donors (Lipinski definition) is 5. The molecule has 2 heterocycles. The predicted octanol–water partition coefficient (Wildman–Crippen LogP) is -3.17. The molecule has 1 aliphatic heterocycles.